The first-order chi connectivity index (χ1) is 17.0. The highest BCUT2D eigenvalue weighted by Crippen LogP contribution is 2.30. The average molecular weight is 507 g/mol. The standard InChI is InChI=1S/C25H26F4N4O3/c1-15(17-6-8-18(9-7-17)24(35)36-2)32-23(34)21(20(30)13-26)22-31-10-11-33(22)14-16-4-3-5-19(12-16)25(27,28)29/h3-9,12,15,30-31H,10-11,13-14H2,1-2H3,(H,32,34)/b22-21-,30-20?. The molecule has 2 aromatic rings. The molecule has 1 fully saturated rings. The van der Waals surface area contributed by atoms with Crippen molar-refractivity contribution >= 4 is 17.6 Å². The fourth-order valence-corrected chi connectivity index (χ4v) is 3.84. The van der Waals surface area contributed by atoms with Gasteiger partial charge in [0.2, 0.25) is 0 Å². The van der Waals surface area contributed by atoms with E-state index in [4.69, 9.17) is 5.41 Å². The number of nitrogens with one attached hydrogen (secondary N) is 3. The molecule has 0 radical (unpaired) electrons. The number of hydrogen-bond acceptors (Lipinski definition) is 6. The van der Waals surface area contributed by atoms with E-state index < -0.39 is 42.0 Å². The zero-order chi connectivity index (χ0) is 26.5. The molecule has 3 rings (SSSR count). The number of alkyl halides is 4. The van der Waals surface area contributed by atoms with Crippen molar-refractivity contribution in [1.29, 1.82) is 5.41 Å². The molecule has 0 saturated carbocycles. The normalized spacial score (nSPS) is 15.7. The topological polar surface area (TPSA) is 94.5 Å². The highest BCUT2D eigenvalue weighted by molar-refractivity contribution is 6.21. The highest BCUT2D eigenvalue weighted by Gasteiger charge is 2.32. The second-order valence-corrected chi connectivity index (χ2v) is 8.19. The molecule has 1 aliphatic heterocycles. The average Bonchev–Trinajstić information content (AvgIpc) is 3.30. The van der Waals surface area contributed by atoms with Crippen molar-refractivity contribution in [3.8, 4) is 0 Å². The number of carbonyl (C=O) groups excluding carboxylic acids is 2. The SMILES string of the molecule is COC(=O)c1ccc(C(C)NC(=O)/C(C(=N)CF)=C2/NCCN2Cc2cccc(C(F)(F)F)c2)cc1. The van der Waals surface area contributed by atoms with E-state index in [0.29, 0.717) is 29.8 Å². The smallest absolute Gasteiger partial charge is 0.416 e. The van der Waals surface area contributed by atoms with Crippen LogP contribution in [-0.2, 0) is 22.3 Å². The van der Waals surface area contributed by atoms with E-state index in [1.807, 2.05) is 0 Å². The van der Waals surface area contributed by atoms with Gasteiger partial charge >= 0.3 is 12.1 Å². The molecule has 11 heteroatoms. The van der Waals surface area contributed by atoms with Crippen LogP contribution in [0.2, 0.25) is 0 Å². The Morgan fingerprint density at radius 2 is 1.89 bits per heavy atom. The Labute approximate surface area is 205 Å². The van der Waals surface area contributed by atoms with Gasteiger partial charge in [0.05, 0.1) is 30.0 Å². The van der Waals surface area contributed by atoms with Crippen LogP contribution in [0.1, 0.15) is 40.0 Å². The van der Waals surface area contributed by atoms with E-state index in [9.17, 15) is 27.2 Å². The summed E-state index contributed by atoms with van der Waals surface area (Å²) >= 11 is 0. The summed E-state index contributed by atoms with van der Waals surface area (Å²) in [5, 5.41) is 13.8. The maximum absolute atomic E-state index is 13.5. The van der Waals surface area contributed by atoms with Crippen molar-refractivity contribution in [2.24, 2.45) is 0 Å². The van der Waals surface area contributed by atoms with Crippen LogP contribution in [0.4, 0.5) is 17.6 Å². The third-order valence-electron chi connectivity index (χ3n) is 5.70. The Hall–Kier alpha value is -3.89. The van der Waals surface area contributed by atoms with Crippen LogP contribution in [-0.4, -0.2) is 49.4 Å². The number of esters is 1. The van der Waals surface area contributed by atoms with Gasteiger partial charge in [-0.3, -0.25) is 4.79 Å². The summed E-state index contributed by atoms with van der Waals surface area (Å²) in [6.45, 7) is 1.25. The van der Waals surface area contributed by atoms with Gasteiger partial charge in [0, 0.05) is 19.6 Å². The summed E-state index contributed by atoms with van der Waals surface area (Å²) in [4.78, 5) is 26.4. The van der Waals surface area contributed by atoms with Gasteiger partial charge in [-0.15, -0.1) is 0 Å². The molecule has 1 heterocycles. The molecule has 192 valence electrons. The molecule has 1 unspecified atom stereocenters. The minimum atomic E-state index is -4.50. The molecular weight excluding hydrogens is 480 g/mol. The first-order valence-electron chi connectivity index (χ1n) is 11.1. The van der Waals surface area contributed by atoms with Crippen molar-refractivity contribution in [2.75, 3.05) is 26.9 Å². The Morgan fingerprint density at radius 1 is 1.19 bits per heavy atom. The molecule has 1 saturated heterocycles. The van der Waals surface area contributed by atoms with Gasteiger partial charge in [0.1, 0.15) is 18.1 Å². The Morgan fingerprint density at radius 3 is 2.50 bits per heavy atom. The summed E-state index contributed by atoms with van der Waals surface area (Å²) in [6.07, 6.45) is -4.50. The largest absolute Gasteiger partial charge is 0.465 e. The van der Waals surface area contributed by atoms with Gasteiger partial charge in [-0.05, 0) is 42.3 Å². The van der Waals surface area contributed by atoms with E-state index in [0.717, 1.165) is 12.1 Å². The minimum absolute atomic E-state index is 0.0349. The molecule has 0 bridgehead atoms. The van der Waals surface area contributed by atoms with E-state index in [-0.39, 0.29) is 17.9 Å². The molecule has 0 spiro atoms. The monoisotopic (exact) mass is 506 g/mol. The van der Waals surface area contributed by atoms with Gasteiger partial charge in [0.25, 0.3) is 5.91 Å². The predicted octanol–water partition coefficient (Wildman–Crippen LogP) is 3.98. The van der Waals surface area contributed by atoms with Crippen molar-refractivity contribution in [3.63, 3.8) is 0 Å². The predicted molar refractivity (Wildman–Crippen MR) is 125 cm³/mol. The van der Waals surface area contributed by atoms with E-state index in [2.05, 4.69) is 15.4 Å². The summed E-state index contributed by atoms with van der Waals surface area (Å²) in [5.74, 6) is -1.03. The maximum atomic E-state index is 13.5. The Balaban J connectivity index is 1.84. The molecular formula is C25H26F4N4O3. The van der Waals surface area contributed by atoms with E-state index in [1.54, 1.807) is 36.1 Å². The number of nitrogens with zero attached hydrogens (tertiary/aromatic N) is 1. The van der Waals surface area contributed by atoms with Gasteiger partial charge in [-0.2, -0.15) is 13.2 Å². The van der Waals surface area contributed by atoms with Crippen molar-refractivity contribution in [3.05, 3.63) is 82.2 Å². The van der Waals surface area contributed by atoms with Gasteiger partial charge in [-0.25, -0.2) is 9.18 Å². The molecule has 1 atom stereocenters. The molecule has 36 heavy (non-hydrogen) atoms. The number of carbonyl (C=O) groups is 2. The van der Waals surface area contributed by atoms with Gasteiger partial charge in [0.15, 0.2) is 0 Å². The fraction of sp³-hybridized carbons (Fsp3) is 0.320. The lowest BCUT2D eigenvalue weighted by Gasteiger charge is -2.24. The van der Waals surface area contributed by atoms with Gasteiger partial charge < -0.3 is 25.7 Å². The maximum Gasteiger partial charge on any atom is 0.416 e. The van der Waals surface area contributed by atoms with Crippen LogP contribution in [0.15, 0.2) is 59.9 Å². The van der Waals surface area contributed by atoms with Crippen LogP contribution in [0.25, 0.3) is 0 Å². The highest BCUT2D eigenvalue weighted by atomic mass is 19.4. The number of halogens is 4. The molecule has 7 nitrogen and oxygen atoms in total. The first kappa shape index (κ1) is 26.7. The number of benzene rings is 2. The van der Waals surface area contributed by atoms with Crippen LogP contribution in [0, 0.1) is 5.41 Å². The zero-order valence-electron chi connectivity index (χ0n) is 19.7. The lowest BCUT2D eigenvalue weighted by Crippen LogP contribution is -2.35. The van der Waals surface area contributed by atoms with Crippen LogP contribution in [0.5, 0.6) is 0 Å². The van der Waals surface area contributed by atoms with E-state index in [1.165, 1.54) is 19.2 Å². The number of ether oxygens (including phenoxy) is 1. The third-order valence-corrected chi connectivity index (χ3v) is 5.70. The van der Waals surface area contributed by atoms with Crippen molar-refractivity contribution in [1.82, 2.24) is 15.5 Å². The first-order valence-corrected chi connectivity index (χ1v) is 11.1. The van der Waals surface area contributed by atoms with Crippen molar-refractivity contribution in [2.45, 2.75) is 25.7 Å². The lowest BCUT2D eigenvalue weighted by molar-refractivity contribution is -0.137. The zero-order valence-corrected chi connectivity index (χ0v) is 19.7. The van der Waals surface area contributed by atoms with Crippen LogP contribution >= 0.6 is 0 Å². The molecule has 1 aliphatic rings. The summed E-state index contributed by atoms with van der Waals surface area (Å²) in [7, 11) is 1.27. The quantitative estimate of drug-likeness (QED) is 0.218. The molecule has 3 N–H and O–H groups in total. The van der Waals surface area contributed by atoms with Crippen LogP contribution in [0.3, 0.4) is 0 Å². The Bertz CT molecular complexity index is 1160. The van der Waals surface area contributed by atoms with Gasteiger partial charge in [-0.1, -0.05) is 24.3 Å². The number of amides is 1. The number of hydrogen-bond donors (Lipinski definition) is 3. The molecule has 2 aromatic carbocycles. The summed E-state index contributed by atoms with van der Waals surface area (Å²) < 4.78 is 57.5. The summed E-state index contributed by atoms with van der Waals surface area (Å²) in [5.41, 5.74) is -0.218. The van der Waals surface area contributed by atoms with E-state index >= 15 is 0 Å². The third kappa shape index (κ3) is 6.21. The van der Waals surface area contributed by atoms with Crippen molar-refractivity contribution < 1.29 is 31.9 Å². The Kier molecular flexibility index (Phi) is 8.33. The lowest BCUT2D eigenvalue weighted by atomic mass is 10.0. The summed E-state index contributed by atoms with van der Waals surface area (Å²) in [6, 6.07) is 10.6. The number of methoxy groups -OCH3 is 1. The van der Waals surface area contributed by atoms with Crippen LogP contribution < -0.4 is 10.6 Å². The second-order valence-electron chi connectivity index (χ2n) is 8.19. The second kappa shape index (κ2) is 11.2. The number of rotatable bonds is 8. The minimum Gasteiger partial charge on any atom is -0.465 e. The molecule has 0 aromatic heterocycles. The fourth-order valence-electron chi connectivity index (χ4n) is 3.84. The molecule has 1 amide bonds. The molecule has 0 aliphatic carbocycles.